The summed E-state index contributed by atoms with van der Waals surface area (Å²) in [7, 11) is -3.81. The summed E-state index contributed by atoms with van der Waals surface area (Å²) in [6, 6.07) is 11.0. The summed E-state index contributed by atoms with van der Waals surface area (Å²) in [5.41, 5.74) is 2.14. The summed E-state index contributed by atoms with van der Waals surface area (Å²) in [6.45, 7) is 5.08. The fourth-order valence-electron chi connectivity index (χ4n) is 2.08. The summed E-state index contributed by atoms with van der Waals surface area (Å²) in [5, 5.41) is 14.7. The van der Waals surface area contributed by atoms with E-state index in [2.05, 4.69) is 9.93 Å². The van der Waals surface area contributed by atoms with Gasteiger partial charge in [-0.05, 0) is 38.0 Å². The second-order valence-corrected chi connectivity index (χ2v) is 7.00. The van der Waals surface area contributed by atoms with Gasteiger partial charge in [0.25, 0.3) is 15.7 Å². The smallest absolute Gasteiger partial charge is 0.258 e. The highest BCUT2D eigenvalue weighted by Gasteiger charge is 2.16. The molecule has 0 atom stereocenters. The van der Waals surface area contributed by atoms with Crippen molar-refractivity contribution in [3.63, 3.8) is 0 Å². The Labute approximate surface area is 140 Å². The van der Waals surface area contributed by atoms with Crippen molar-refractivity contribution in [3.8, 4) is 0 Å². The normalized spacial score (nSPS) is 12.0. The standard InChI is InChI=1S/C16H17N3O4S/c1-11-7-8-12(2)16(9-11)24(22,23)18-17-13(3)14-5-4-6-15(10-14)19(20)21/h4-10,18H,1-3H3/b17-13+. The molecule has 0 unspecified atom stereocenters. The lowest BCUT2D eigenvalue weighted by Crippen LogP contribution is -2.21. The minimum absolute atomic E-state index is 0.0839. The lowest BCUT2D eigenvalue weighted by molar-refractivity contribution is -0.384. The molecule has 2 rings (SSSR count). The minimum Gasteiger partial charge on any atom is -0.258 e. The molecule has 8 heteroatoms. The van der Waals surface area contributed by atoms with E-state index in [0.29, 0.717) is 16.8 Å². The predicted molar refractivity (Wildman–Crippen MR) is 91.5 cm³/mol. The van der Waals surface area contributed by atoms with Crippen LogP contribution >= 0.6 is 0 Å². The molecule has 0 aliphatic heterocycles. The molecule has 2 aromatic rings. The minimum atomic E-state index is -3.81. The molecule has 0 aliphatic rings. The van der Waals surface area contributed by atoms with Crippen molar-refractivity contribution in [2.24, 2.45) is 5.10 Å². The van der Waals surface area contributed by atoms with E-state index in [1.165, 1.54) is 18.2 Å². The number of sulfonamides is 1. The second-order valence-electron chi connectivity index (χ2n) is 5.37. The number of nitro benzene ring substituents is 1. The molecule has 0 saturated carbocycles. The van der Waals surface area contributed by atoms with Crippen LogP contribution in [0.15, 0.2) is 52.5 Å². The van der Waals surface area contributed by atoms with E-state index in [1.54, 1.807) is 39.0 Å². The van der Waals surface area contributed by atoms with Crippen LogP contribution in [0.2, 0.25) is 0 Å². The topological polar surface area (TPSA) is 102 Å². The van der Waals surface area contributed by atoms with Crippen molar-refractivity contribution in [1.29, 1.82) is 0 Å². The predicted octanol–water partition coefficient (Wildman–Crippen LogP) is 2.91. The Morgan fingerprint density at radius 1 is 1.17 bits per heavy atom. The van der Waals surface area contributed by atoms with E-state index in [9.17, 15) is 18.5 Å². The molecule has 7 nitrogen and oxygen atoms in total. The van der Waals surface area contributed by atoms with Crippen LogP contribution in [0, 0.1) is 24.0 Å². The average Bonchev–Trinajstić information content (AvgIpc) is 2.55. The number of hydrazone groups is 1. The molecule has 126 valence electrons. The summed E-state index contributed by atoms with van der Waals surface area (Å²) in [6.07, 6.45) is 0. The van der Waals surface area contributed by atoms with Gasteiger partial charge in [-0.3, -0.25) is 10.1 Å². The van der Waals surface area contributed by atoms with Gasteiger partial charge in [-0.2, -0.15) is 18.4 Å². The quantitative estimate of drug-likeness (QED) is 0.510. The van der Waals surface area contributed by atoms with Crippen molar-refractivity contribution in [2.45, 2.75) is 25.7 Å². The molecule has 0 bridgehead atoms. The van der Waals surface area contributed by atoms with Crippen molar-refractivity contribution in [3.05, 3.63) is 69.3 Å². The van der Waals surface area contributed by atoms with Gasteiger partial charge in [-0.1, -0.05) is 24.3 Å². The Bertz CT molecular complexity index is 921. The highest BCUT2D eigenvalue weighted by Crippen LogP contribution is 2.17. The van der Waals surface area contributed by atoms with E-state index >= 15 is 0 Å². The molecule has 24 heavy (non-hydrogen) atoms. The fraction of sp³-hybridized carbons (Fsp3) is 0.188. The van der Waals surface area contributed by atoms with E-state index in [-0.39, 0.29) is 10.6 Å². The maximum absolute atomic E-state index is 12.4. The van der Waals surface area contributed by atoms with Crippen LogP contribution in [0.5, 0.6) is 0 Å². The van der Waals surface area contributed by atoms with Crippen molar-refractivity contribution in [2.75, 3.05) is 0 Å². The van der Waals surface area contributed by atoms with Crippen LogP contribution in [0.3, 0.4) is 0 Å². The van der Waals surface area contributed by atoms with E-state index < -0.39 is 14.9 Å². The van der Waals surface area contributed by atoms with Crippen LogP contribution < -0.4 is 4.83 Å². The summed E-state index contributed by atoms with van der Waals surface area (Å²) >= 11 is 0. The molecule has 0 heterocycles. The first-order valence-electron chi connectivity index (χ1n) is 7.09. The highest BCUT2D eigenvalue weighted by atomic mass is 32.2. The van der Waals surface area contributed by atoms with Gasteiger partial charge in [0.1, 0.15) is 0 Å². The first-order chi connectivity index (χ1) is 11.2. The lowest BCUT2D eigenvalue weighted by atomic mass is 10.1. The van der Waals surface area contributed by atoms with Gasteiger partial charge in [0.15, 0.2) is 0 Å². The molecule has 0 aromatic heterocycles. The summed E-state index contributed by atoms with van der Waals surface area (Å²) in [4.78, 5) is 12.6. The number of non-ortho nitro benzene ring substituents is 1. The maximum Gasteiger partial charge on any atom is 0.276 e. The van der Waals surface area contributed by atoms with E-state index in [1.807, 2.05) is 6.07 Å². The lowest BCUT2D eigenvalue weighted by Gasteiger charge is -2.09. The molecule has 2 aromatic carbocycles. The number of hydrogen-bond acceptors (Lipinski definition) is 5. The zero-order valence-electron chi connectivity index (χ0n) is 13.5. The van der Waals surface area contributed by atoms with Gasteiger partial charge in [-0.25, -0.2) is 0 Å². The number of nitrogens with zero attached hydrogens (tertiary/aromatic N) is 2. The Hall–Kier alpha value is -2.74. The van der Waals surface area contributed by atoms with Crippen molar-refractivity contribution >= 4 is 21.4 Å². The zero-order valence-corrected chi connectivity index (χ0v) is 14.3. The van der Waals surface area contributed by atoms with Gasteiger partial charge in [-0.15, -0.1) is 0 Å². The Morgan fingerprint density at radius 2 is 1.88 bits per heavy atom. The third-order valence-electron chi connectivity index (χ3n) is 3.44. The zero-order chi connectivity index (χ0) is 17.9. The second kappa shape index (κ2) is 6.79. The molecular weight excluding hydrogens is 330 g/mol. The first-order valence-corrected chi connectivity index (χ1v) is 8.57. The number of nitro groups is 1. The van der Waals surface area contributed by atoms with Gasteiger partial charge >= 0.3 is 0 Å². The maximum atomic E-state index is 12.4. The third kappa shape index (κ3) is 3.96. The molecule has 0 aliphatic carbocycles. The molecule has 0 radical (unpaired) electrons. The van der Waals surface area contributed by atoms with Gasteiger partial charge < -0.3 is 0 Å². The van der Waals surface area contributed by atoms with Crippen molar-refractivity contribution in [1.82, 2.24) is 4.83 Å². The Kier molecular flexibility index (Phi) is 4.99. The Balaban J connectivity index is 2.30. The summed E-state index contributed by atoms with van der Waals surface area (Å²) in [5.74, 6) is 0. The monoisotopic (exact) mass is 347 g/mol. The number of benzene rings is 2. The summed E-state index contributed by atoms with van der Waals surface area (Å²) < 4.78 is 24.8. The molecular formula is C16H17N3O4S. The number of hydrogen-bond donors (Lipinski definition) is 1. The highest BCUT2D eigenvalue weighted by molar-refractivity contribution is 7.89. The number of rotatable bonds is 5. The van der Waals surface area contributed by atoms with Gasteiger partial charge in [0.05, 0.1) is 15.5 Å². The molecule has 0 saturated heterocycles. The number of nitrogens with one attached hydrogen (secondary N) is 1. The SMILES string of the molecule is C/C(=N\NS(=O)(=O)c1cc(C)ccc1C)c1cccc([N+](=O)[O-])c1. The van der Waals surface area contributed by atoms with Crippen LogP contribution in [0.1, 0.15) is 23.6 Å². The van der Waals surface area contributed by atoms with Crippen LogP contribution in [-0.4, -0.2) is 19.1 Å². The first kappa shape index (κ1) is 17.6. The largest absolute Gasteiger partial charge is 0.276 e. The van der Waals surface area contributed by atoms with Crippen LogP contribution in [0.25, 0.3) is 0 Å². The van der Waals surface area contributed by atoms with Crippen molar-refractivity contribution < 1.29 is 13.3 Å². The van der Waals surface area contributed by atoms with E-state index in [4.69, 9.17) is 0 Å². The van der Waals surface area contributed by atoms with Crippen LogP contribution in [-0.2, 0) is 10.0 Å². The van der Waals surface area contributed by atoms with Gasteiger partial charge in [0.2, 0.25) is 0 Å². The Morgan fingerprint density at radius 3 is 2.54 bits per heavy atom. The molecule has 0 spiro atoms. The number of aryl methyl sites for hydroxylation is 2. The molecule has 0 fully saturated rings. The van der Waals surface area contributed by atoms with Crippen LogP contribution in [0.4, 0.5) is 5.69 Å². The fourth-order valence-corrected chi connectivity index (χ4v) is 3.27. The third-order valence-corrected chi connectivity index (χ3v) is 4.79. The van der Waals surface area contributed by atoms with Gasteiger partial charge in [0, 0.05) is 17.7 Å². The average molecular weight is 347 g/mol. The molecule has 0 amide bonds. The van der Waals surface area contributed by atoms with E-state index in [0.717, 1.165) is 5.56 Å². The molecule has 1 N–H and O–H groups in total.